The second kappa shape index (κ2) is 6.47. The van der Waals surface area contributed by atoms with Gasteiger partial charge in [-0.15, -0.1) is 0 Å². The lowest BCUT2D eigenvalue weighted by Crippen LogP contribution is -2.32. The molecule has 0 fully saturated rings. The van der Waals surface area contributed by atoms with Crippen LogP contribution < -0.4 is 5.32 Å². The summed E-state index contributed by atoms with van der Waals surface area (Å²) in [6, 6.07) is 10.8. The van der Waals surface area contributed by atoms with Crippen molar-refractivity contribution in [3.63, 3.8) is 0 Å². The number of hydrogen-bond acceptors (Lipinski definition) is 3. The summed E-state index contributed by atoms with van der Waals surface area (Å²) in [4.78, 5) is 4.46. The molecule has 3 heteroatoms. The van der Waals surface area contributed by atoms with E-state index in [4.69, 9.17) is 4.74 Å². The van der Waals surface area contributed by atoms with Crippen LogP contribution in [0.5, 0.6) is 0 Å². The van der Waals surface area contributed by atoms with Crippen molar-refractivity contribution >= 4 is 10.9 Å². The summed E-state index contributed by atoms with van der Waals surface area (Å²) in [6.45, 7) is 3.74. The van der Waals surface area contributed by atoms with Gasteiger partial charge in [0.1, 0.15) is 0 Å². The van der Waals surface area contributed by atoms with Gasteiger partial charge in [0.25, 0.3) is 0 Å². The number of nitrogens with one attached hydrogen (secondary N) is 1. The van der Waals surface area contributed by atoms with Crippen LogP contribution in [0.15, 0.2) is 36.5 Å². The van der Waals surface area contributed by atoms with Gasteiger partial charge in [-0.05, 0) is 18.1 Å². The number of pyridine rings is 1. The van der Waals surface area contributed by atoms with Gasteiger partial charge in [0, 0.05) is 31.3 Å². The third kappa shape index (κ3) is 3.06. The molecule has 1 unspecified atom stereocenters. The minimum Gasteiger partial charge on any atom is -0.383 e. The molecule has 1 aromatic heterocycles. The van der Waals surface area contributed by atoms with E-state index < -0.39 is 0 Å². The van der Waals surface area contributed by atoms with Crippen LogP contribution in [0.2, 0.25) is 0 Å². The quantitative estimate of drug-likeness (QED) is 0.848. The summed E-state index contributed by atoms with van der Waals surface area (Å²) in [5.41, 5.74) is 2.32. The first-order valence-electron chi connectivity index (χ1n) is 6.40. The summed E-state index contributed by atoms with van der Waals surface area (Å²) in [6.07, 6.45) is 2.91. The van der Waals surface area contributed by atoms with E-state index >= 15 is 0 Å². The molecule has 0 saturated heterocycles. The van der Waals surface area contributed by atoms with Crippen LogP contribution in [0.1, 0.15) is 18.9 Å². The zero-order valence-electron chi connectivity index (χ0n) is 11.0. The van der Waals surface area contributed by atoms with Gasteiger partial charge in [-0.1, -0.05) is 31.2 Å². The number of para-hydroxylation sites is 1. The fourth-order valence-corrected chi connectivity index (χ4v) is 2.09. The van der Waals surface area contributed by atoms with Crippen molar-refractivity contribution in [2.75, 3.05) is 13.7 Å². The van der Waals surface area contributed by atoms with Gasteiger partial charge in [0.2, 0.25) is 0 Å². The highest BCUT2D eigenvalue weighted by molar-refractivity contribution is 5.81. The van der Waals surface area contributed by atoms with Crippen LogP contribution in [0.25, 0.3) is 10.9 Å². The number of aromatic nitrogens is 1. The van der Waals surface area contributed by atoms with Gasteiger partial charge >= 0.3 is 0 Å². The van der Waals surface area contributed by atoms with E-state index in [9.17, 15) is 0 Å². The fourth-order valence-electron chi connectivity index (χ4n) is 2.09. The average Bonchev–Trinajstić information content (AvgIpc) is 2.43. The standard InChI is InChI=1S/C15H20N2O/c1-3-14(11-18-2)17-10-13-7-4-6-12-8-5-9-16-15(12)13/h4-9,14,17H,3,10-11H2,1-2H3. The topological polar surface area (TPSA) is 34.1 Å². The van der Waals surface area contributed by atoms with E-state index in [0.29, 0.717) is 6.04 Å². The molecule has 0 aliphatic carbocycles. The van der Waals surface area contributed by atoms with Gasteiger partial charge in [0.15, 0.2) is 0 Å². The van der Waals surface area contributed by atoms with Crippen molar-refractivity contribution in [2.24, 2.45) is 0 Å². The number of nitrogens with zero attached hydrogens (tertiary/aromatic N) is 1. The van der Waals surface area contributed by atoms with Crippen molar-refractivity contribution in [3.05, 3.63) is 42.1 Å². The number of benzene rings is 1. The lowest BCUT2D eigenvalue weighted by atomic mass is 10.1. The third-order valence-corrected chi connectivity index (χ3v) is 3.16. The van der Waals surface area contributed by atoms with Crippen molar-refractivity contribution in [1.29, 1.82) is 0 Å². The molecular weight excluding hydrogens is 224 g/mol. The second-order valence-corrected chi connectivity index (χ2v) is 4.43. The highest BCUT2D eigenvalue weighted by atomic mass is 16.5. The molecule has 18 heavy (non-hydrogen) atoms. The van der Waals surface area contributed by atoms with Gasteiger partial charge < -0.3 is 10.1 Å². The second-order valence-electron chi connectivity index (χ2n) is 4.43. The Morgan fingerprint density at radius 3 is 2.89 bits per heavy atom. The maximum absolute atomic E-state index is 5.19. The van der Waals surface area contributed by atoms with Crippen LogP contribution in [0, 0.1) is 0 Å². The van der Waals surface area contributed by atoms with Gasteiger partial charge in [0.05, 0.1) is 12.1 Å². The highest BCUT2D eigenvalue weighted by Crippen LogP contribution is 2.15. The van der Waals surface area contributed by atoms with Gasteiger partial charge in [-0.2, -0.15) is 0 Å². The molecule has 1 heterocycles. The van der Waals surface area contributed by atoms with Gasteiger partial charge in [-0.3, -0.25) is 4.98 Å². The van der Waals surface area contributed by atoms with Crippen molar-refractivity contribution in [3.8, 4) is 0 Å². The molecule has 0 aliphatic rings. The SMILES string of the molecule is CCC(COC)NCc1cccc2cccnc12. The molecule has 3 nitrogen and oxygen atoms in total. The van der Waals surface area contributed by atoms with Crippen LogP contribution in [0.3, 0.4) is 0 Å². The Hall–Kier alpha value is -1.45. The first-order chi connectivity index (χ1) is 8.85. The Bertz CT molecular complexity index is 493. The minimum atomic E-state index is 0.397. The molecule has 2 aromatic rings. The number of methoxy groups -OCH3 is 1. The Balaban J connectivity index is 2.11. The number of ether oxygens (including phenoxy) is 1. The molecule has 0 radical (unpaired) electrons. The Labute approximate surface area is 108 Å². The summed E-state index contributed by atoms with van der Waals surface area (Å²) in [5, 5.41) is 4.71. The van der Waals surface area contributed by atoms with Crippen molar-refractivity contribution in [1.82, 2.24) is 10.3 Å². The van der Waals surface area contributed by atoms with Crippen molar-refractivity contribution in [2.45, 2.75) is 25.9 Å². The largest absolute Gasteiger partial charge is 0.383 e. The van der Waals surface area contributed by atoms with Gasteiger partial charge in [-0.25, -0.2) is 0 Å². The van der Waals surface area contributed by atoms with E-state index in [1.807, 2.05) is 12.3 Å². The molecule has 96 valence electrons. The smallest absolute Gasteiger partial charge is 0.0746 e. The van der Waals surface area contributed by atoms with E-state index in [1.54, 1.807) is 7.11 Å². The molecule has 1 atom stereocenters. The lowest BCUT2D eigenvalue weighted by molar-refractivity contribution is 0.164. The summed E-state index contributed by atoms with van der Waals surface area (Å²) in [5.74, 6) is 0. The highest BCUT2D eigenvalue weighted by Gasteiger charge is 2.06. The monoisotopic (exact) mass is 244 g/mol. The number of fused-ring (bicyclic) bond motifs is 1. The van der Waals surface area contributed by atoms with Crippen LogP contribution >= 0.6 is 0 Å². The minimum absolute atomic E-state index is 0.397. The third-order valence-electron chi connectivity index (χ3n) is 3.16. The Morgan fingerprint density at radius 2 is 2.11 bits per heavy atom. The maximum atomic E-state index is 5.19. The molecular formula is C15H20N2O. The number of hydrogen-bond donors (Lipinski definition) is 1. The zero-order valence-corrected chi connectivity index (χ0v) is 11.0. The fraction of sp³-hybridized carbons (Fsp3) is 0.400. The zero-order chi connectivity index (χ0) is 12.8. The molecule has 0 bridgehead atoms. The molecule has 1 aromatic carbocycles. The van der Waals surface area contributed by atoms with Crippen LogP contribution in [-0.4, -0.2) is 24.7 Å². The molecule has 0 aliphatic heterocycles. The lowest BCUT2D eigenvalue weighted by Gasteiger charge is -2.16. The predicted molar refractivity (Wildman–Crippen MR) is 74.5 cm³/mol. The van der Waals surface area contributed by atoms with Crippen LogP contribution in [0.4, 0.5) is 0 Å². The van der Waals surface area contributed by atoms with Crippen molar-refractivity contribution < 1.29 is 4.74 Å². The summed E-state index contributed by atoms with van der Waals surface area (Å²) in [7, 11) is 1.74. The normalized spacial score (nSPS) is 12.8. The Kier molecular flexibility index (Phi) is 4.67. The molecule has 1 N–H and O–H groups in total. The Morgan fingerprint density at radius 1 is 1.28 bits per heavy atom. The first-order valence-corrected chi connectivity index (χ1v) is 6.40. The maximum Gasteiger partial charge on any atom is 0.0746 e. The summed E-state index contributed by atoms with van der Waals surface area (Å²) < 4.78 is 5.19. The number of rotatable bonds is 6. The van der Waals surface area contributed by atoms with E-state index in [0.717, 1.165) is 25.1 Å². The van der Waals surface area contributed by atoms with E-state index in [1.165, 1.54) is 10.9 Å². The summed E-state index contributed by atoms with van der Waals surface area (Å²) >= 11 is 0. The first kappa shape index (κ1) is 13.0. The molecule has 0 saturated carbocycles. The molecule has 0 amide bonds. The molecule has 2 rings (SSSR count). The van der Waals surface area contributed by atoms with E-state index in [-0.39, 0.29) is 0 Å². The van der Waals surface area contributed by atoms with E-state index in [2.05, 4.69) is 41.5 Å². The average molecular weight is 244 g/mol. The molecule has 0 spiro atoms. The predicted octanol–water partition coefficient (Wildman–Crippen LogP) is 2.75. The van der Waals surface area contributed by atoms with Crippen LogP contribution in [-0.2, 0) is 11.3 Å².